The van der Waals surface area contributed by atoms with Crippen LogP contribution in [0.5, 0.6) is 5.75 Å². The second-order valence-electron chi connectivity index (χ2n) is 8.91. The zero-order valence-corrected chi connectivity index (χ0v) is 19.1. The maximum absolute atomic E-state index is 13.1. The van der Waals surface area contributed by atoms with E-state index >= 15 is 0 Å². The number of ether oxygens (including phenoxy) is 1. The largest absolute Gasteiger partial charge is 0.490 e. The van der Waals surface area contributed by atoms with Crippen molar-refractivity contribution in [1.82, 2.24) is 9.88 Å². The molecule has 0 spiro atoms. The van der Waals surface area contributed by atoms with Crippen molar-refractivity contribution < 1.29 is 23.0 Å². The van der Waals surface area contributed by atoms with Crippen molar-refractivity contribution in [3.63, 3.8) is 0 Å². The molecule has 0 amide bonds. The van der Waals surface area contributed by atoms with E-state index in [0.717, 1.165) is 49.5 Å². The Labute approximate surface area is 200 Å². The minimum absolute atomic E-state index is 0.0471. The van der Waals surface area contributed by atoms with E-state index in [-0.39, 0.29) is 12.1 Å². The zero-order valence-electron chi connectivity index (χ0n) is 18.4. The smallest absolute Gasteiger partial charge is 0.416 e. The fraction of sp³-hybridized carbons (Fsp3) is 0.400. The first-order chi connectivity index (χ1) is 16.3. The molecule has 0 bridgehead atoms. The maximum Gasteiger partial charge on any atom is 0.416 e. The summed E-state index contributed by atoms with van der Waals surface area (Å²) in [6.07, 6.45) is -1.62. The summed E-state index contributed by atoms with van der Waals surface area (Å²) in [6, 6.07) is 12.7. The van der Waals surface area contributed by atoms with Gasteiger partial charge in [0.05, 0.1) is 23.2 Å². The van der Waals surface area contributed by atoms with E-state index in [1.807, 2.05) is 29.2 Å². The SMILES string of the molecule is OC1CN(c2ccnc3cc(C(F)(F)F)ccc23)CC1N1CCC(Oc2ccc(Cl)cc2)CC1. The molecule has 34 heavy (non-hydrogen) atoms. The highest BCUT2D eigenvalue weighted by molar-refractivity contribution is 6.30. The first-order valence-corrected chi connectivity index (χ1v) is 11.7. The summed E-state index contributed by atoms with van der Waals surface area (Å²) < 4.78 is 45.4. The maximum atomic E-state index is 13.1. The van der Waals surface area contributed by atoms with E-state index in [1.54, 1.807) is 6.07 Å². The lowest BCUT2D eigenvalue weighted by Crippen LogP contribution is -2.49. The summed E-state index contributed by atoms with van der Waals surface area (Å²) in [7, 11) is 0. The van der Waals surface area contributed by atoms with Crippen molar-refractivity contribution in [2.75, 3.05) is 31.1 Å². The van der Waals surface area contributed by atoms with Gasteiger partial charge in [0.1, 0.15) is 11.9 Å². The van der Waals surface area contributed by atoms with E-state index in [2.05, 4.69) is 9.88 Å². The molecule has 3 heterocycles. The Bertz CT molecular complexity index is 1150. The summed E-state index contributed by atoms with van der Waals surface area (Å²) in [6.45, 7) is 2.63. The number of anilines is 1. The summed E-state index contributed by atoms with van der Waals surface area (Å²) in [5.41, 5.74) is 0.374. The van der Waals surface area contributed by atoms with Gasteiger partial charge >= 0.3 is 6.18 Å². The van der Waals surface area contributed by atoms with Crippen LogP contribution in [0.25, 0.3) is 10.9 Å². The van der Waals surface area contributed by atoms with E-state index in [9.17, 15) is 18.3 Å². The van der Waals surface area contributed by atoms with Crippen LogP contribution in [0.2, 0.25) is 5.02 Å². The third-order valence-electron chi connectivity index (χ3n) is 6.71. The Hall–Kier alpha value is -2.55. The highest BCUT2D eigenvalue weighted by Gasteiger charge is 2.38. The van der Waals surface area contributed by atoms with Crippen LogP contribution in [0.3, 0.4) is 0 Å². The van der Waals surface area contributed by atoms with E-state index < -0.39 is 17.8 Å². The van der Waals surface area contributed by atoms with Crippen molar-refractivity contribution in [2.45, 2.75) is 37.3 Å². The number of aromatic nitrogens is 1. The van der Waals surface area contributed by atoms with E-state index in [4.69, 9.17) is 16.3 Å². The normalized spacial score (nSPS) is 22.4. The minimum atomic E-state index is -4.41. The summed E-state index contributed by atoms with van der Waals surface area (Å²) in [4.78, 5) is 8.48. The highest BCUT2D eigenvalue weighted by Crippen LogP contribution is 2.35. The molecule has 1 N–H and O–H groups in total. The lowest BCUT2D eigenvalue weighted by Gasteiger charge is -2.37. The van der Waals surface area contributed by atoms with Gasteiger partial charge in [0.25, 0.3) is 0 Å². The van der Waals surface area contributed by atoms with Crippen LogP contribution in [0.15, 0.2) is 54.7 Å². The van der Waals surface area contributed by atoms with Crippen molar-refractivity contribution in [3.8, 4) is 5.75 Å². The third-order valence-corrected chi connectivity index (χ3v) is 6.96. The third kappa shape index (κ3) is 4.80. The fourth-order valence-corrected chi connectivity index (χ4v) is 5.07. The first kappa shape index (κ1) is 23.2. The molecule has 3 aromatic rings. The number of hydrogen-bond donors (Lipinski definition) is 1. The van der Waals surface area contributed by atoms with Gasteiger partial charge in [0.15, 0.2) is 0 Å². The number of nitrogens with zero attached hydrogens (tertiary/aromatic N) is 3. The standard InChI is InChI=1S/C25H25ClF3N3O2/c26-17-2-4-18(5-3-17)34-19-8-11-31(12-9-19)23-14-32(15-24(23)33)22-7-10-30-21-13-16(25(27,28)29)1-6-20(21)22/h1-7,10,13,19,23-24,33H,8-9,11-12,14-15H2. The van der Waals surface area contributed by atoms with Crippen molar-refractivity contribution in [1.29, 1.82) is 0 Å². The number of alkyl halides is 3. The van der Waals surface area contributed by atoms with Crippen LogP contribution in [0.1, 0.15) is 18.4 Å². The minimum Gasteiger partial charge on any atom is -0.490 e. The Morgan fingerprint density at radius 3 is 2.44 bits per heavy atom. The molecule has 2 atom stereocenters. The van der Waals surface area contributed by atoms with Crippen LogP contribution in [0.4, 0.5) is 18.9 Å². The lowest BCUT2D eigenvalue weighted by molar-refractivity contribution is -0.137. The summed E-state index contributed by atoms with van der Waals surface area (Å²) >= 11 is 5.93. The van der Waals surface area contributed by atoms with Gasteiger partial charge in [-0.15, -0.1) is 0 Å². The number of rotatable bonds is 4. The number of halogens is 4. The number of fused-ring (bicyclic) bond motifs is 1. The van der Waals surface area contributed by atoms with Crippen molar-refractivity contribution >= 4 is 28.2 Å². The quantitative estimate of drug-likeness (QED) is 0.556. The van der Waals surface area contributed by atoms with Crippen LogP contribution in [-0.4, -0.2) is 59.4 Å². The van der Waals surface area contributed by atoms with Crippen LogP contribution in [0, 0.1) is 0 Å². The Morgan fingerprint density at radius 2 is 1.74 bits per heavy atom. The molecule has 2 aliphatic rings. The van der Waals surface area contributed by atoms with Gasteiger partial charge in [-0.05, 0) is 55.3 Å². The van der Waals surface area contributed by atoms with Gasteiger partial charge in [-0.25, -0.2) is 0 Å². The molecule has 9 heteroatoms. The molecular formula is C25H25ClF3N3O2. The molecule has 0 radical (unpaired) electrons. The number of hydrogen-bond acceptors (Lipinski definition) is 5. The fourth-order valence-electron chi connectivity index (χ4n) is 4.94. The average molecular weight is 492 g/mol. The molecule has 2 unspecified atom stereocenters. The average Bonchev–Trinajstić information content (AvgIpc) is 3.21. The zero-order chi connectivity index (χ0) is 23.9. The molecule has 2 aliphatic heterocycles. The monoisotopic (exact) mass is 491 g/mol. The van der Waals surface area contributed by atoms with Crippen LogP contribution >= 0.6 is 11.6 Å². The van der Waals surface area contributed by atoms with Crippen LogP contribution in [-0.2, 0) is 6.18 Å². The Morgan fingerprint density at radius 1 is 1.00 bits per heavy atom. The second-order valence-corrected chi connectivity index (χ2v) is 9.34. The molecule has 1 aromatic heterocycles. The molecule has 0 aliphatic carbocycles. The van der Waals surface area contributed by atoms with Gasteiger partial charge in [-0.2, -0.15) is 13.2 Å². The van der Waals surface area contributed by atoms with Gasteiger partial charge in [-0.1, -0.05) is 17.7 Å². The summed E-state index contributed by atoms with van der Waals surface area (Å²) in [5, 5.41) is 12.2. The molecule has 5 rings (SSSR count). The molecular weight excluding hydrogens is 467 g/mol. The van der Waals surface area contributed by atoms with Gasteiger partial charge in [-0.3, -0.25) is 9.88 Å². The predicted octanol–water partition coefficient (Wildman–Crippen LogP) is 5.00. The molecule has 180 valence electrons. The Kier molecular flexibility index (Phi) is 6.31. The number of benzene rings is 2. The topological polar surface area (TPSA) is 48.8 Å². The number of pyridine rings is 1. The lowest BCUT2D eigenvalue weighted by atomic mass is 10.0. The predicted molar refractivity (Wildman–Crippen MR) is 125 cm³/mol. The van der Waals surface area contributed by atoms with Crippen molar-refractivity contribution in [2.24, 2.45) is 0 Å². The number of β-amino-alcohol motifs (C(OH)–C–C–N with tert-alkyl or cyclic N) is 1. The number of likely N-dealkylation sites (tertiary alicyclic amines) is 1. The van der Waals surface area contributed by atoms with Gasteiger partial charge < -0.3 is 14.7 Å². The molecule has 2 aromatic carbocycles. The van der Waals surface area contributed by atoms with Crippen LogP contribution < -0.4 is 9.64 Å². The second kappa shape index (κ2) is 9.24. The molecule has 2 saturated heterocycles. The van der Waals surface area contributed by atoms with Gasteiger partial charge in [0, 0.05) is 48.5 Å². The molecule has 2 fully saturated rings. The van der Waals surface area contributed by atoms with E-state index in [1.165, 1.54) is 12.3 Å². The highest BCUT2D eigenvalue weighted by atomic mass is 35.5. The number of aliphatic hydroxyl groups excluding tert-OH is 1. The first-order valence-electron chi connectivity index (χ1n) is 11.3. The summed E-state index contributed by atoms with van der Waals surface area (Å²) in [5.74, 6) is 0.799. The molecule has 5 nitrogen and oxygen atoms in total. The number of aliphatic hydroxyl groups is 1. The van der Waals surface area contributed by atoms with Gasteiger partial charge in [0.2, 0.25) is 0 Å². The Balaban J connectivity index is 1.25. The molecule has 0 saturated carbocycles. The van der Waals surface area contributed by atoms with E-state index in [0.29, 0.717) is 29.0 Å². The van der Waals surface area contributed by atoms with Crippen molar-refractivity contribution in [3.05, 3.63) is 65.3 Å². The number of piperidine rings is 1.